The third-order valence-corrected chi connectivity index (χ3v) is 2.88. The molecule has 0 radical (unpaired) electrons. The summed E-state index contributed by atoms with van der Waals surface area (Å²) in [4.78, 5) is 15.6. The molecule has 0 amide bonds. The van der Waals surface area contributed by atoms with E-state index >= 15 is 0 Å². The zero-order chi connectivity index (χ0) is 11.2. The molecule has 0 aliphatic rings. The number of benzene rings is 1. The van der Waals surface area contributed by atoms with Crippen LogP contribution in [0.4, 0.5) is 0 Å². The Balaban J connectivity index is 1.81. The third-order valence-electron chi connectivity index (χ3n) is 2.04. The number of ether oxygens (including phenoxy) is 1. The molecule has 2 aromatic rings. The number of carbonyl (C=O) groups excluding carboxylic acids is 1. The standard InChI is InChI=1S/C12H11NO2S/c14-12(10-4-2-1-3-5-10)15-8-6-11-13-7-9-16-11/h1-5,7,9H,6,8H2. The van der Waals surface area contributed by atoms with Gasteiger partial charge in [0.25, 0.3) is 0 Å². The van der Waals surface area contributed by atoms with Gasteiger partial charge in [0.1, 0.15) is 0 Å². The Morgan fingerprint density at radius 1 is 1.31 bits per heavy atom. The lowest BCUT2D eigenvalue weighted by atomic mass is 10.2. The van der Waals surface area contributed by atoms with Crippen LogP contribution >= 0.6 is 11.3 Å². The second-order valence-corrected chi connectivity index (χ2v) is 4.16. The van der Waals surface area contributed by atoms with E-state index in [1.807, 2.05) is 23.6 Å². The molecule has 1 aromatic carbocycles. The van der Waals surface area contributed by atoms with E-state index < -0.39 is 0 Å². The fourth-order valence-corrected chi connectivity index (χ4v) is 1.87. The van der Waals surface area contributed by atoms with E-state index in [9.17, 15) is 4.79 Å². The molecule has 0 aliphatic carbocycles. The van der Waals surface area contributed by atoms with Gasteiger partial charge in [0.15, 0.2) is 0 Å². The van der Waals surface area contributed by atoms with Crippen LogP contribution in [0, 0.1) is 0 Å². The first kappa shape index (κ1) is 10.8. The summed E-state index contributed by atoms with van der Waals surface area (Å²) in [6, 6.07) is 8.98. The first-order valence-electron chi connectivity index (χ1n) is 4.97. The van der Waals surface area contributed by atoms with Crippen molar-refractivity contribution in [2.75, 3.05) is 6.61 Å². The van der Waals surface area contributed by atoms with Crippen LogP contribution in [-0.2, 0) is 11.2 Å². The van der Waals surface area contributed by atoms with Crippen molar-refractivity contribution >= 4 is 17.3 Å². The van der Waals surface area contributed by atoms with Crippen molar-refractivity contribution in [2.24, 2.45) is 0 Å². The van der Waals surface area contributed by atoms with Gasteiger partial charge in [0.2, 0.25) is 0 Å². The summed E-state index contributed by atoms with van der Waals surface area (Å²) in [5.74, 6) is -0.280. The van der Waals surface area contributed by atoms with Crippen LogP contribution < -0.4 is 0 Å². The lowest BCUT2D eigenvalue weighted by Gasteiger charge is -2.02. The highest BCUT2D eigenvalue weighted by Gasteiger charge is 2.05. The maximum Gasteiger partial charge on any atom is 0.338 e. The summed E-state index contributed by atoms with van der Waals surface area (Å²) in [6.45, 7) is 0.376. The lowest BCUT2D eigenvalue weighted by molar-refractivity contribution is 0.0509. The molecular formula is C12H11NO2S. The van der Waals surface area contributed by atoms with Crippen molar-refractivity contribution in [3.63, 3.8) is 0 Å². The summed E-state index contributed by atoms with van der Waals surface area (Å²) in [5.41, 5.74) is 0.585. The summed E-state index contributed by atoms with van der Waals surface area (Å²) >= 11 is 1.57. The Labute approximate surface area is 97.7 Å². The summed E-state index contributed by atoms with van der Waals surface area (Å²) in [7, 11) is 0. The van der Waals surface area contributed by atoms with E-state index in [4.69, 9.17) is 4.74 Å². The highest BCUT2D eigenvalue weighted by atomic mass is 32.1. The van der Waals surface area contributed by atoms with E-state index in [-0.39, 0.29) is 5.97 Å². The average Bonchev–Trinajstić information content (AvgIpc) is 2.83. The topological polar surface area (TPSA) is 39.2 Å². The van der Waals surface area contributed by atoms with Gasteiger partial charge in [0, 0.05) is 18.0 Å². The summed E-state index contributed by atoms with van der Waals surface area (Å²) in [5, 5.41) is 2.90. The highest BCUT2D eigenvalue weighted by Crippen LogP contribution is 2.06. The second kappa shape index (κ2) is 5.42. The number of esters is 1. The van der Waals surface area contributed by atoms with Crippen LogP contribution in [0.5, 0.6) is 0 Å². The number of thiazole rings is 1. The molecule has 82 valence electrons. The molecule has 1 aromatic heterocycles. The number of hydrogen-bond donors (Lipinski definition) is 0. The van der Waals surface area contributed by atoms with Crippen molar-refractivity contribution in [1.29, 1.82) is 0 Å². The molecule has 2 rings (SSSR count). The van der Waals surface area contributed by atoms with Crippen molar-refractivity contribution in [3.8, 4) is 0 Å². The van der Waals surface area contributed by atoms with Crippen molar-refractivity contribution in [2.45, 2.75) is 6.42 Å². The first-order chi connectivity index (χ1) is 7.86. The van der Waals surface area contributed by atoms with E-state index in [2.05, 4.69) is 4.98 Å². The highest BCUT2D eigenvalue weighted by molar-refractivity contribution is 7.09. The molecule has 4 heteroatoms. The molecule has 0 bridgehead atoms. The van der Waals surface area contributed by atoms with Crippen LogP contribution in [0.15, 0.2) is 41.9 Å². The smallest absolute Gasteiger partial charge is 0.338 e. The Morgan fingerprint density at radius 2 is 2.12 bits per heavy atom. The number of hydrogen-bond acceptors (Lipinski definition) is 4. The number of carbonyl (C=O) groups is 1. The number of aromatic nitrogens is 1. The SMILES string of the molecule is O=C(OCCc1nccs1)c1ccccc1. The maximum atomic E-state index is 11.5. The summed E-state index contributed by atoms with van der Waals surface area (Å²) in [6.07, 6.45) is 2.43. The molecule has 16 heavy (non-hydrogen) atoms. The summed E-state index contributed by atoms with van der Waals surface area (Å²) < 4.78 is 5.13. The van der Waals surface area contributed by atoms with Gasteiger partial charge >= 0.3 is 5.97 Å². The average molecular weight is 233 g/mol. The van der Waals surface area contributed by atoms with Gasteiger partial charge in [-0.3, -0.25) is 0 Å². The zero-order valence-corrected chi connectivity index (χ0v) is 9.44. The Morgan fingerprint density at radius 3 is 2.81 bits per heavy atom. The van der Waals surface area contributed by atoms with E-state index in [0.717, 1.165) is 5.01 Å². The molecule has 0 spiro atoms. The Bertz CT molecular complexity index is 439. The van der Waals surface area contributed by atoms with Crippen molar-refractivity contribution in [1.82, 2.24) is 4.98 Å². The van der Waals surface area contributed by atoms with Gasteiger partial charge in [-0.2, -0.15) is 0 Å². The van der Waals surface area contributed by atoms with Gasteiger partial charge in [0.05, 0.1) is 17.2 Å². The maximum absolute atomic E-state index is 11.5. The lowest BCUT2D eigenvalue weighted by Crippen LogP contribution is -2.07. The number of rotatable bonds is 4. The fourth-order valence-electron chi connectivity index (χ4n) is 1.27. The van der Waals surface area contributed by atoms with Crippen molar-refractivity contribution < 1.29 is 9.53 Å². The van der Waals surface area contributed by atoms with Crippen LogP contribution in [-0.4, -0.2) is 17.6 Å². The first-order valence-corrected chi connectivity index (χ1v) is 5.85. The quantitative estimate of drug-likeness (QED) is 0.762. The second-order valence-electron chi connectivity index (χ2n) is 3.18. The zero-order valence-electron chi connectivity index (χ0n) is 8.63. The Kier molecular flexibility index (Phi) is 3.66. The van der Waals surface area contributed by atoms with Gasteiger partial charge in [-0.25, -0.2) is 9.78 Å². The molecule has 0 aliphatic heterocycles. The van der Waals surface area contributed by atoms with Gasteiger partial charge < -0.3 is 4.74 Å². The van der Waals surface area contributed by atoms with E-state index in [1.165, 1.54) is 0 Å². The Hall–Kier alpha value is -1.68. The van der Waals surface area contributed by atoms with Crippen LogP contribution in [0.1, 0.15) is 15.4 Å². The van der Waals surface area contributed by atoms with E-state index in [1.54, 1.807) is 29.7 Å². The fraction of sp³-hybridized carbons (Fsp3) is 0.167. The van der Waals surface area contributed by atoms with Crippen molar-refractivity contribution in [3.05, 3.63) is 52.5 Å². The molecule has 0 fully saturated rings. The minimum absolute atomic E-state index is 0.280. The molecule has 0 atom stereocenters. The van der Waals surface area contributed by atoms with Gasteiger partial charge in [-0.15, -0.1) is 11.3 Å². The molecule has 0 unspecified atom stereocenters. The number of nitrogens with zero attached hydrogens (tertiary/aromatic N) is 1. The molecule has 0 N–H and O–H groups in total. The molecule has 0 saturated carbocycles. The predicted octanol–water partition coefficient (Wildman–Crippen LogP) is 2.54. The molecular weight excluding hydrogens is 222 g/mol. The van der Waals surface area contributed by atoms with Crippen LogP contribution in [0.25, 0.3) is 0 Å². The van der Waals surface area contributed by atoms with Crippen LogP contribution in [0.2, 0.25) is 0 Å². The third kappa shape index (κ3) is 2.90. The normalized spacial score (nSPS) is 10.0. The van der Waals surface area contributed by atoms with Gasteiger partial charge in [-0.05, 0) is 12.1 Å². The predicted molar refractivity (Wildman–Crippen MR) is 62.5 cm³/mol. The molecule has 1 heterocycles. The molecule has 3 nitrogen and oxygen atoms in total. The minimum Gasteiger partial charge on any atom is -0.462 e. The van der Waals surface area contributed by atoms with E-state index in [0.29, 0.717) is 18.6 Å². The monoisotopic (exact) mass is 233 g/mol. The van der Waals surface area contributed by atoms with Crippen LogP contribution in [0.3, 0.4) is 0 Å². The van der Waals surface area contributed by atoms with Gasteiger partial charge in [-0.1, -0.05) is 18.2 Å². The largest absolute Gasteiger partial charge is 0.462 e. The molecule has 0 saturated heterocycles. The minimum atomic E-state index is -0.280.